The fourth-order valence-corrected chi connectivity index (χ4v) is 1.42. The van der Waals surface area contributed by atoms with Crippen LogP contribution in [0.3, 0.4) is 0 Å². The average molecular weight is 240 g/mol. The summed E-state index contributed by atoms with van der Waals surface area (Å²) in [7, 11) is 0. The van der Waals surface area contributed by atoms with E-state index in [9.17, 15) is 0 Å². The molecule has 0 fully saturated rings. The van der Waals surface area contributed by atoms with Crippen molar-refractivity contribution in [1.29, 1.82) is 0 Å². The maximum Gasteiger partial charge on any atom is 0.115 e. The standard InChI is InChI=1S/C11H13N3O.ClH/c12-5-6-14-8-10(7-13-14)9-1-3-11(15)4-2-9;/h1-4,7-8,15H,5-6,12H2;1H. The van der Waals surface area contributed by atoms with Crippen LogP contribution in [0.4, 0.5) is 0 Å². The summed E-state index contributed by atoms with van der Waals surface area (Å²) in [5.74, 6) is 0.271. The van der Waals surface area contributed by atoms with Crippen LogP contribution in [0.1, 0.15) is 0 Å². The molecule has 1 aromatic heterocycles. The van der Waals surface area contributed by atoms with E-state index >= 15 is 0 Å². The number of hydrogen-bond acceptors (Lipinski definition) is 3. The summed E-state index contributed by atoms with van der Waals surface area (Å²) >= 11 is 0. The maximum atomic E-state index is 9.16. The van der Waals surface area contributed by atoms with Gasteiger partial charge in [-0.2, -0.15) is 5.10 Å². The Morgan fingerprint density at radius 3 is 2.50 bits per heavy atom. The summed E-state index contributed by atoms with van der Waals surface area (Å²) in [5.41, 5.74) is 7.50. The van der Waals surface area contributed by atoms with Crippen LogP contribution in [0.15, 0.2) is 36.7 Å². The van der Waals surface area contributed by atoms with Gasteiger partial charge in [-0.1, -0.05) is 12.1 Å². The fourth-order valence-electron chi connectivity index (χ4n) is 1.42. The van der Waals surface area contributed by atoms with Crippen LogP contribution in [0.25, 0.3) is 11.1 Å². The first-order valence-electron chi connectivity index (χ1n) is 4.81. The van der Waals surface area contributed by atoms with E-state index in [-0.39, 0.29) is 18.2 Å². The van der Waals surface area contributed by atoms with E-state index in [1.807, 2.05) is 23.0 Å². The Bertz CT molecular complexity index is 439. The maximum absolute atomic E-state index is 9.16. The first kappa shape index (κ1) is 12.5. The third kappa shape index (κ3) is 2.74. The van der Waals surface area contributed by atoms with Gasteiger partial charge < -0.3 is 10.8 Å². The van der Waals surface area contributed by atoms with Gasteiger partial charge in [-0.3, -0.25) is 4.68 Å². The molecule has 0 spiro atoms. The predicted molar refractivity (Wildman–Crippen MR) is 65.6 cm³/mol. The van der Waals surface area contributed by atoms with E-state index in [1.165, 1.54) is 0 Å². The number of benzene rings is 1. The van der Waals surface area contributed by atoms with Gasteiger partial charge in [0, 0.05) is 18.3 Å². The molecule has 0 aliphatic rings. The molecule has 0 radical (unpaired) electrons. The summed E-state index contributed by atoms with van der Waals surface area (Å²) in [6, 6.07) is 7.05. The Kier molecular flexibility index (Phi) is 4.34. The van der Waals surface area contributed by atoms with Gasteiger partial charge in [0.15, 0.2) is 0 Å². The van der Waals surface area contributed by atoms with Crippen molar-refractivity contribution in [2.75, 3.05) is 6.54 Å². The van der Waals surface area contributed by atoms with E-state index in [4.69, 9.17) is 10.8 Å². The van der Waals surface area contributed by atoms with Crippen molar-refractivity contribution in [1.82, 2.24) is 9.78 Å². The molecular formula is C11H14ClN3O. The lowest BCUT2D eigenvalue weighted by Gasteiger charge is -1.97. The zero-order chi connectivity index (χ0) is 10.7. The molecular weight excluding hydrogens is 226 g/mol. The molecule has 3 N–H and O–H groups in total. The Labute approximate surface area is 100 Å². The van der Waals surface area contributed by atoms with Crippen LogP contribution in [0.2, 0.25) is 0 Å². The van der Waals surface area contributed by atoms with Crippen LogP contribution < -0.4 is 5.73 Å². The summed E-state index contributed by atoms with van der Waals surface area (Å²) in [6.45, 7) is 1.30. The van der Waals surface area contributed by atoms with Crippen LogP contribution in [0, 0.1) is 0 Å². The number of rotatable bonds is 3. The zero-order valence-corrected chi connectivity index (χ0v) is 9.52. The number of phenols is 1. The van der Waals surface area contributed by atoms with Gasteiger partial charge >= 0.3 is 0 Å². The highest BCUT2D eigenvalue weighted by Gasteiger charge is 2.00. The van der Waals surface area contributed by atoms with E-state index in [0.29, 0.717) is 6.54 Å². The van der Waals surface area contributed by atoms with Gasteiger partial charge in [-0.25, -0.2) is 0 Å². The number of hydrogen-bond donors (Lipinski definition) is 2. The smallest absolute Gasteiger partial charge is 0.115 e. The molecule has 0 aliphatic heterocycles. The Morgan fingerprint density at radius 2 is 1.88 bits per heavy atom. The number of nitrogens with zero attached hydrogens (tertiary/aromatic N) is 2. The molecule has 0 atom stereocenters. The number of aromatic hydroxyl groups is 1. The van der Waals surface area contributed by atoms with E-state index in [1.54, 1.807) is 18.3 Å². The molecule has 0 saturated carbocycles. The van der Waals surface area contributed by atoms with Crippen molar-refractivity contribution in [3.63, 3.8) is 0 Å². The lowest BCUT2D eigenvalue weighted by Crippen LogP contribution is -2.09. The SMILES string of the molecule is Cl.NCCn1cc(-c2ccc(O)cc2)cn1. The fraction of sp³-hybridized carbons (Fsp3) is 0.182. The number of nitrogens with two attached hydrogens (primary N) is 1. The molecule has 1 heterocycles. The molecule has 4 nitrogen and oxygen atoms in total. The molecule has 0 aliphatic carbocycles. The summed E-state index contributed by atoms with van der Waals surface area (Å²) in [4.78, 5) is 0. The minimum atomic E-state index is 0. The molecule has 0 amide bonds. The second-order valence-electron chi connectivity index (χ2n) is 3.33. The minimum Gasteiger partial charge on any atom is -0.508 e. The Hall–Kier alpha value is -1.52. The number of aromatic nitrogens is 2. The summed E-state index contributed by atoms with van der Waals surface area (Å²) in [6.07, 6.45) is 3.74. The van der Waals surface area contributed by atoms with Gasteiger partial charge in [-0.15, -0.1) is 12.4 Å². The van der Waals surface area contributed by atoms with E-state index < -0.39 is 0 Å². The van der Waals surface area contributed by atoms with Crippen LogP contribution in [-0.2, 0) is 6.54 Å². The van der Waals surface area contributed by atoms with Crippen molar-refractivity contribution in [3.05, 3.63) is 36.7 Å². The van der Waals surface area contributed by atoms with Gasteiger partial charge in [0.05, 0.1) is 12.7 Å². The predicted octanol–water partition coefficient (Wildman–Crippen LogP) is 1.64. The molecule has 1 aromatic carbocycles. The molecule has 0 saturated heterocycles. The second kappa shape index (κ2) is 5.53. The summed E-state index contributed by atoms with van der Waals surface area (Å²) in [5, 5.41) is 13.3. The van der Waals surface area contributed by atoms with Gasteiger partial charge in [0.25, 0.3) is 0 Å². The quantitative estimate of drug-likeness (QED) is 0.856. The highest BCUT2D eigenvalue weighted by molar-refractivity contribution is 5.85. The highest BCUT2D eigenvalue weighted by atomic mass is 35.5. The number of halogens is 1. The first-order chi connectivity index (χ1) is 7.29. The first-order valence-corrected chi connectivity index (χ1v) is 4.81. The normalized spacial score (nSPS) is 9.81. The Morgan fingerprint density at radius 1 is 1.19 bits per heavy atom. The van der Waals surface area contributed by atoms with Crippen LogP contribution in [0.5, 0.6) is 5.75 Å². The van der Waals surface area contributed by atoms with Crippen molar-refractivity contribution in [3.8, 4) is 16.9 Å². The van der Waals surface area contributed by atoms with E-state index in [0.717, 1.165) is 17.7 Å². The summed E-state index contributed by atoms with van der Waals surface area (Å²) < 4.78 is 1.81. The van der Waals surface area contributed by atoms with Crippen LogP contribution in [-0.4, -0.2) is 21.4 Å². The lowest BCUT2D eigenvalue weighted by molar-refractivity contribution is 0.475. The Balaban J connectivity index is 0.00000128. The molecule has 0 unspecified atom stereocenters. The number of phenolic OH excluding ortho intramolecular Hbond substituents is 1. The highest BCUT2D eigenvalue weighted by Crippen LogP contribution is 2.20. The van der Waals surface area contributed by atoms with Crippen molar-refractivity contribution in [2.24, 2.45) is 5.73 Å². The molecule has 2 aromatic rings. The van der Waals surface area contributed by atoms with Gasteiger partial charge in [-0.05, 0) is 17.7 Å². The van der Waals surface area contributed by atoms with Crippen LogP contribution >= 0.6 is 12.4 Å². The zero-order valence-electron chi connectivity index (χ0n) is 8.71. The molecule has 86 valence electrons. The van der Waals surface area contributed by atoms with E-state index in [2.05, 4.69) is 5.10 Å². The van der Waals surface area contributed by atoms with Gasteiger partial charge in [0.1, 0.15) is 5.75 Å². The van der Waals surface area contributed by atoms with Crippen molar-refractivity contribution >= 4 is 12.4 Å². The molecule has 5 heteroatoms. The second-order valence-corrected chi connectivity index (χ2v) is 3.33. The average Bonchev–Trinajstić information content (AvgIpc) is 2.68. The van der Waals surface area contributed by atoms with Crippen molar-refractivity contribution in [2.45, 2.75) is 6.54 Å². The molecule has 16 heavy (non-hydrogen) atoms. The molecule has 2 rings (SSSR count). The third-order valence-electron chi connectivity index (χ3n) is 2.19. The minimum absolute atomic E-state index is 0. The monoisotopic (exact) mass is 239 g/mol. The largest absolute Gasteiger partial charge is 0.508 e. The molecule has 0 bridgehead atoms. The topological polar surface area (TPSA) is 64.1 Å². The van der Waals surface area contributed by atoms with Gasteiger partial charge in [0.2, 0.25) is 0 Å². The van der Waals surface area contributed by atoms with Crippen molar-refractivity contribution < 1.29 is 5.11 Å². The third-order valence-corrected chi connectivity index (χ3v) is 2.19. The lowest BCUT2D eigenvalue weighted by atomic mass is 10.1.